The summed E-state index contributed by atoms with van der Waals surface area (Å²) in [6, 6.07) is 6.15. The van der Waals surface area contributed by atoms with Gasteiger partial charge in [-0.05, 0) is 12.5 Å². The van der Waals surface area contributed by atoms with Crippen molar-refractivity contribution in [3.8, 4) is 0 Å². The van der Waals surface area contributed by atoms with E-state index < -0.39 is 10.9 Å². The number of hydrogen-bond acceptors (Lipinski definition) is 5. The van der Waals surface area contributed by atoms with Crippen LogP contribution in [0, 0.1) is 10.1 Å². The van der Waals surface area contributed by atoms with E-state index in [-0.39, 0.29) is 5.69 Å². The summed E-state index contributed by atoms with van der Waals surface area (Å²) in [7, 11) is 0. The molecule has 0 saturated heterocycles. The zero-order valence-electron chi connectivity index (χ0n) is 10.8. The molecule has 0 unspecified atom stereocenters. The van der Waals surface area contributed by atoms with Crippen LogP contribution in [-0.2, 0) is 11.2 Å². The molecule has 20 heavy (non-hydrogen) atoms. The highest BCUT2D eigenvalue weighted by atomic mass is 16.6. The fraction of sp³-hybridized carbons (Fsp3) is 0.231. The van der Waals surface area contributed by atoms with Crippen LogP contribution >= 0.6 is 0 Å². The molecule has 1 aromatic carbocycles. The van der Waals surface area contributed by atoms with Crippen molar-refractivity contribution < 1.29 is 14.5 Å². The number of nitro benzene ring substituents is 1. The minimum atomic E-state index is -0.454. The lowest BCUT2D eigenvalue weighted by Gasteiger charge is -2.03. The SMILES string of the molecule is CCOC(=O)c1cn[nH]c1Cc1ccc([N+](=O)[O-])cc1. The number of carbonyl (C=O) groups is 1. The van der Waals surface area contributed by atoms with Crippen molar-refractivity contribution in [1.29, 1.82) is 0 Å². The third-order valence-corrected chi connectivity index (χ3v) is 2.74. The van der Waals surface area contributed by atoms with E-state index in [0.717, 1.165) is 5.56 Å². The van der Waals surface area contributed by atoms with Gasteiger partial charge >= 0.3 is 5.97 Å². The van der Waals surface area contributed by atoms with Crippen LogP contribution in [0.5, 0.6) is 0 Å². The number of nitrogens with one attached hydrogen (secondary N) is 1. The lowest BCUT2D eigenvalue weighted by atomic mass is 10.1. The molecule has 1 aromatic heterocycles. The van der Waals surface area contributed by atoms with E-state index >= 15 is 0 Å². The number of nitro groups is 1. The Morgan fingerprint density at radius 2 is 2.10 bits per heavy atom. The normalized spacial score (nSPS) is 10.2. The maximum absolute atomic E-state index is 11.7. The summed E-state index contributed by atoms with van der Waals surface area (Å²) in [5.41, 5.74) is 1.87. The zero-order chi connectivity index (χ0) is 14.5. The molecule has 0 amide bonds. The van der Waals surface area contributed by atoms with Gasteiger partial charge in [-0.3, -0.25) is 15.2 Å². The maximum atomic E-state index is 11.7. The smallest absolute Gasteiger partial charge is 0.341 e. The molecule has 2 rings (SSSR count). The molecule has 0 radical (unpaired) electrons. The first kappa shape index (κ1) is 13.7. The Labute approximate surface area is 114 Å². The number of benzene rings is 1. The minimum absolute atomic E-state index is 0.0315. The van der Waals surface area contributed by atoms with Crippen molar-refractivity contribution >= 4 is 11.7 Å². The zero-order valence-corrected chi connectivity index (χ0v) is 10.8. The van der Waals surface area contributed by atoms with Crippen molar-refractivity contribution in [2.75, 3.05) is 6.61 Å². The first-order valence-corrected chi connectivity index (χ1v) is 6.04. The molecule has 2 aromatic rings. The molecule has 0 atom stereocenters. The van der Waals surface area contributed by atoms with E-state index in [1.54, 1.807) is 19.1 Å². The standard InChI is InChI=1S/C13H13N3O4/c1-2-20-13(17)11-8-14-15-12(11)7-9-3-5-10(6-4-9)16(18)19/h3-6,8H,2,7H2,1H3,(H,14,15). The molecule has 7 nitrogen and oxygen atoms in total. The Morgan fingerprint density at radius 3 is 2.70 bits per heavy atom. The third kappa shape index (κ3) is 3.00. The van der Waals surface area contributed by atoms with Gasteiger partial charge in [-0.1, -0.05) is 12.1 Å². The topological polar surface area (TPSA) is 98.1 Å². The van der Waals surface area contributed by atoms with Gasteiger partial charge in [-0.25, -0.2) is 4.79 Å². The molecule has 0 spiro atoms. The summed E-state index contributed by atoms with van der Waals surface area (Å²) < 4.78 is 4.93. The monoisotopic (exact) mass is 275 g/mol. The molecule has 1 N–H and O–H groups in total. The van der Waals surface area contributed by atoms with Gasteiger partial charge < -0.3 is 4.74 Å². The van der Waals surface area contributed by atoms with Crippen LogP contribution in [0.3, 0.4) is 0 Å². The highest BCUT2D eigenvalue weighted by molar-refractivity contribution is 5.90. The molecule has 0 saturated carbocycles. The van der Waals surface area contributed by atoms with Gasteiger partial charge in [0.2, 0.25) is 0 Å². The van der Waals surface area contributed by atoms with Gasteiger partial charge in [0, 0.05) is 18.6 Å². The molecule has 1 heterocycles. The van der Waals surface area contributed by atoms with Crippen LogP contribution in [0.2, 0.25) is 0 Å². The number of ether oxygens (including phenoxy) is 1. The minimum Gasteiger partial charge on any atom is -0.462 e. The molecule has 0 aliphatic heterocycles. The van der Waals surface area contributed by atoms with Crippen molar-refractivity contribution in [1.82, 2.24) is 10.2 Å². The van der Waals surface area contributed by atoms with Crippen LogP contribution in [0.4, 0.5) is 5.69 Å². The Morgan fingerprint density at radius 1 is 1.40 bits per heavy atom. The van der Waals surface area contributed by atoms with Gasteiger partial charge in [-0.2, -0.15) is 5.10 Å². The van der Waals surface area contributed by atoms with Gasteiger partial charge in [0.1, 0.15) is 5.56 Å². The molecular formula is C13H13N3O4. The Bertz CT molecular complexity index is 619. The second-order valence-electron chi connectivity index (χ2n) is 4.08. The number of nitrogens with zero attached hydrogens (tertiary/aromatic N) is 2. The number of non-ortho nitro benzene ring substituents is 1. The van der Waals surface area contributed by atoms with Crippen LogP contribution in [-0.4, -0.2) is 27.7 Å². The first-order valence-electron chi connectivity index (χ1n) is 6.04. The fourth-order valence-corrected chi connectivity index (χ4v) is 1.77. The summed E-state index contributed by atoms with van der Waals surface area (Å²) in [4.78, 5) is 21.8. The quantitative estimate of drug-likeness (QED) is 0.511. The lowest BCUT2D eigenvalue weighted by molar-refractivity contribution is -0.384. The number of aromatic amines is 1. The van der Waals surface area contributed by atoms with Crippen molar-refractivity contribution in [2.24, 2.45) is 0 Å². The predicted octanol–water partition coefficient (Wildman–Crippen LogP) is 2.09. The van der Waals surface area contributed by atoms with E-state index in [1.807, 2.05) is 0 Å². The number of hydrogen-bond donors (Lipinski definition) is 1. The summed E-state index contributed by atoms with van der Waals surface area (Å²) in [6.45, 7) is 2.02. The summed E-state index contributed by atoms with van der Waals surface area (Å²) >= 11 is 0. The largest absolute Gasteiger partial charge is 0.462 e. The van der Waals surface area contributed by atoms with Gasteiger partial charge in [0.25, 0.3) is 5.69 Å². The van der Waals surface area contributed by atoms with E-state index in [2.05, 4.69) is 10.2 Å². The van der Waals surface area contributed by atoms with Crippen molar-refractivity contribution in [2.45, 2.75) is 13.3 Å². The molecule has 104 valence electrons. The van der Waals surface area contributed by atoms with Crippen LogP contribution < -0.4 is 0 Å². The summed E-state index contributed by atoms with van der Waals surface area (Å²) in [5.74, 6) is -0.432. The second-order valence-corrected chi connectivity index (χ2v) is 4.08. The van der Waals surface area contributed by atoms with E-state index in [9.17, 15) is 14.9 Å². The molecule has 0 fully saturated rings. The van der Waals surface area contributed by atoms with Gasteiger partial charge in [-0.15, -0.1) is 0 Å². The third-order valence-electron chi connectivity index (χ3n) is 2.74. The van der Waals surface area contributed by atoms with Gasteiger partial charge in [0.05, 0.1) is 23.4 Å². The Balaban J connectivity index is 2.16. The molecule has 0 aliphatic carbocycles. The second kappa shape index (κ2) is 5.96. The summed E-state index contributed by atoms with van der Waals surface area (Å²) in [5, 5.41) is 17.2. The van der Waals surface area contributed by atoms with E-state index in [4.69, 9.17) is 4.74 Å². The number of esters is 1. The number of aromatic nitrogens is 2. The van der Waals surface area contributed by atoms with Crippen molar-refractivity contribution in [3.63, 3.8) is 0 Å². The molecular weight excluding hydrogens is 262 g/mol. The molecule has 0 aliphatic rings. The van der Waals surface area contributed by atoms with Crippen molar-refractivity contribution in [3.05, 3.63) is 57.4 Å². The molecule has 7 heteroatoms. The predicted molar refractivity (Wildman–Crippen MR) is 70.4 cm³/mol. The highest BCUT2D eigenvalue weighted by Gasteiger charge is 2.15. The van der Waals surface area contributed by atoms with E-state index in [0.29, 0.717) is 24.3 Å². The van der Waals surface area contributed by atoms with E-state index in [1.165, 1.54) is 18.3 Å². The number of carbonyl (C=O) groups excluding carboxylic acids is 1. The summed E-state index contributed by atoms with van der Waals surface area (Å²) in [6.07, 6.45) is 1.84. The van der Waals surface area contributed by atoms with Crippen LogP contribution in [0.15, 0.2) is 30.5 Å². The fourth-order valence-electron chi connectivity index (χ4n) is 1.77. The highest BCUT2D eigenvalue weighted by Crippen LogP contribution is 2.16. The average Bonchev–Trinajstić information content (AvgIpc) is 2.88. The van der Waals surface area contributed by atoms with Gasteiger partial charge in [0.15, 0.2) is 0 Å². The first-order chi connectivity index (χ1) is 9.61. The Kier molecular flexibility index (Phi) is 4.09. The van der Waals surface area contributed by atoms with Crippen LogP contribution in [0.1, 0.15) is 28.5 Å². The average molecular weight is 275 g/mol. The maximum Gasteiger partial charge on any atom is 0.341 e. The lowest BCUT2D eigenvalue weighted by Crippen LogP contribution is -2.07. The number of rotatable bonds is 5. The Hall–Kier alpha value is -2.70. The van der Waals surface area contributed by atoms with Crippen LogP contribution in [0.25, 0.3) is 0 Å². The molecule has 0 bridgehead atoms. The number of H-pyrrole nitrogens is 1.